The Bertz CT molecular complexity index is 737. The topological polar surface area (TPSA) is 67.4 Å². The fourth-order valence-corrected chi connectivity index (χ4v) is 4.19. The molecule has 0 bridgehead atoms. The minimum Gasteiger partial charge on any atom is -0.464 e. The second-order valence-electron chi connectivity index (χ2n) is 6.32. The zero-order valence-electron chi connectivity index (χ0n) is 14.4. The Morgan fingerprint density at radius 2 is 2.24 bits per heavy atom. The van der Waals surface area contributed by atoms with E-state index in [1.54, 1.807) is 18.3 Å². The smallest absolute Gasteiger partial charge is 0.328 e. The summed E-state index contributed by atoms with van der Waals surface area (Å²) in [4.78, 5) is 24.9. The van der Waals surface area contributed by atoms with Crippen molar-refractivity contribution < 1.29 is 14.3 Å². The third kappa shape index (κ3) is 4.38. The summed E-state index contributed by atoms with van der Waals surface area (Å²) in [5.41, 5.74) is 1.07. The number of piperidine rings is 1. The maximum Gasteiger partial charge on any atom is 0.328 e. The molecule has 134 valence electrons. The quantitative estimate of drug-likeness (QED) is 0.777. The summed E-state index contributed by atoms with van der Waals surface area (Å²) in [5.74, 6) is -0.510. The number of fused-ring (bicyclic) bond motifs is 1. The summed E-state index contributed by atoms with van der Waals surface area (Å²) >= 11 is 1.65. The van der Waals surface area contributed by atoms with E-state index in [2.05, 4.69) is 28.1 Å². The van der Waals surface area contributed by atoms with Gasteiger partial charge in [0.1, 0.15) is 6.04 Å². The van der Waals surface area contributed by atoms with Crippen LogP contribution in [0.4, 0.5) is 0 Å². The Morgan fingerprint density at radius 1 is 1.40 bits per heavy atom. The van der Waals surface area contributed by atoms with Gasteiger partial charge in [0, 0.05) is 17.7 Å². The van der Waals surface area contributed by atoms with Gasteiger partial charge < -0.3 is 15.4 Å². The van der Waals surface area contributed by atoms with Crippen LogP contribution in [0.1, 0.15) is 25.3 Å². The van der Waals surface area contributed by atoms with Gasteiger partial charge in [-0.15, -0.1) is 11.3 Å². The molecular formula is C19H24N2O3S. The lowest BCUT2D eigenvalue weighted by molar-refractivity contribution is -0.147. The largest absolute Gasteiger partial charge is 0.464 e. The summed E-state index contributed by atoms with van der Waals surface area (Å²) < 4.78 is 6.37. The molecule has 1 aromatic heterocycles. The van der Waals surface area contributed by atoms with E-state index in [9.17, 15) is 9.59 Å². The molecule has 0 aliphatic carbocycles. The Kier molecular flexibility index (Phi) is 6.04. The van der Waals surface area contributed by atoms with Gasteiger partial charge in [-0.25, -0.2) is 4.79 Å². The van der Waals surface area contributed by atoms with Crippen LogP contribution in [0, 0.1) is 5.92 Å². The van der Waals surface area contributed by atoms with Crippen LogP contribution in [0.15, 0.2) is 29.6 Å². The highest BCUT2D eigenvalue weighted by atomic mass is 32.1. The van der Waals surface area contributed by atoms with E-state index < -0.39 is 6.04 Å². The van der Waals surface area contributed by atoms with Gasteiger partial charge >= 0.3 is 5.97 Å². The first-order valence-electron chi connectivity index (χ1n) is 8.82. The van der Waals surface area contributed by atoms with E-state index in [0.717, 1.165) is 30.3 Å². The first kappa shape index (κ1) is 17.9. The Labute approximate surface area is 151 Å². The number of thiophene rings is 1. The predicted octanol–water partition coefficient (Wildman–Crippen LogP) is 2.49. The molecule has 0 saturated carbocycles. The molecule has 3 rings (SSSR count). The van der Waals surface area contributed by atoms with Gasteiger partial charge in [-0.2, -0.15) is 0 Å². The number of amides is 1. The molecule has 2 aromatic rings. The van der Waals surface area contributed by atoms with Crippen molar-refractivity contribution in [2.24, 2.45) is 5.92 Å². The van der Waals surface area contributed by atoms with E-state index in [1.165, 1.54) is 4.70 Å². The van der Waals surface area contributed by atoms with Crippen LogP contribution in [0.3, 0.4) is 0 Å². The minimum absolute atomic E-state index is 0.0650. The highest BCUT2D eigenvalue weighted by Crippen LogP contribution is 2.26. The normalized spacial score (nSPS) is 18.7. The molecule has 2 heterocycles. The molecule has 0 spiro atoms. The fourth-order valence-electron chi connectivity index (χ4n) is 3.21. The van der Waals surface area contributed by atoms with E-state index in [0.29, 0.717) is 19.6 Å². The van der Waals surface area contributed by atoms with Crippen LogP contribution < -0.4 is 10.6 Å². The van der Waals surface area contributed by atoms with E-state index in [4.69, 9.17) is 4.74 Å². The molecule has 1 aromatic carbocycles. The molecule has 25 heavy (non-hydrogen) atoms. The lowest BCUT2D eigenvalue weighted by atomic mass is 9.97. The second-order valence-corrected chi connectivity index (χ2v) is 7.23. The van der Waals surface area contributed by atoms with Crippen molar-refractivity contribution in [1.29, 1.82) is 0 Å². The minimum atomic E-state index is -0.646. The Balaban J connectivity index is 1.74. The van der Waals surface area contributed by atoms with Crippen LogP contribution in [0.2, 0.25) is 0 Å². The average Bonchev–Trinajstić information content (AvgIpc) is 3.05. The average molecular weight is 360 g/mol. The number of benzene rings is 1. The van der Waals surface area contributed by atoms with Crippen molar-refractivity contribution in [2.45, 2.75) is 32.2 Å². The zero-order chi connectivity index (χ0) is 17.6. The molecule has 6 heteroatoms. The summed E-state index contributed by atoms with van der Waals surface area (Å²) in [5, 5.41) is 9.36. The van der Waals surface area contributed by atoms with Crippen LogP contribution >= 0.6 is 11.3 Å². The van der Waals surface area contributed by atoms with Gasteiger partial charge in [-0.3, -0.25) is 4.79 Å². The highest BCUT2D eigenvalue weighted by molar-refractivity contribution is 7.17. The molecular weight excluding hydrogens is 336 g/mol. The van der Waals surface area contributed by atoms with Crippen LogP contribution in [-0.4, -0.2) is 37.6 Å². The molecule has 0 radical (unpaired) electrons. The van der Waals surface area contributed by atoms with Gasteiger partial charge in [0.2, 0.25) is 5.91 Å². The first-order chi connectivity index (χ1) is 12.2. The summed E-state index contributed by atoms with van der Waals surface area (Å²) in [6.45, 7) is 3.71. The molecule has 1 aliphatic heterocycles. The van der Waals surface area contributed by atoms with Crippen molar-refractivity contribution in [3.05, 3.63) is 35.2 Å². The van der Waals surface area contributed by atoms with Crippen molar-refractivity contribution in [2.75, 3.05) is 19.7 Å². The molecule has 0 unspecified atom stereocenters. The highest BCUT2D eigenvalue weighted by Gasteiger charge is 2.28. The molecule has 1 fully saturated rings. The molecule has 1 aliphatic rings. The predicted molar refractivity (Wildman–Crippen MR) is 99.7 cm³/mol. The molecule has 5 nitrogen and oxygen atoms in total. The van der Waals surface area contributed by atoms with Crippen molar-refractivity contribution in [3.8, 4) is 0 Å². The molecule has 1 saturated heterocycles. The van der Waals surface area contributed by atoms with Gasteiger partial charge in [0.25, 0.3) is 0 Å². The third-order valence-corrected chi connectivity index (χ3v) is 5.55. The SMILES string of the molecule is CCOC(=O)[C@H](Cc1csc2ccccc12)NC(=O)[C@@H]1CCCNC1. The standard InChI is InChI=1S/C19H24N2O3S/c1-2-24-19(23)16(21-18(22)13-6-5-9-20-11-13)10-14-12-25-17-8-4-3-7-15(14)17/h3-4,7-8,12-13,16,20H,2,5-6,9-11H2,1H3,(H,21,22)/t13-,16+/m1/s1. The lowest BCUT2D eigenvalue weighted by Gasteiger charge is -2.24. The van der Waals surface area contributed by atoms with E-state index >= 15 is 0 Å². The Hall–Kier alpha value is -1.92. The number of hydrogen-bond acceptors (Lipinski definition) is 5. The first-order valence-corrected chi connectivity index (χ1v) is 9.70. The maximum atomic E-state index is 12.6. The fraction of sp³-hybridized carbons (Fsp3) is 0.474. The summed E-state index contributed by atoms with van der Waals surface area (Å²) in [7, 11) is 0. The number of carbonyl (C=O) groups excluding carboxylic acids is 2. The number of hydrogen-bond donors (Lipinski definition) is 2. The number of ether oxygens (including phenoxy) is 1. The van der Waals surface area contributed by atoms with Crippen molar-refractivity contribution in [1.82, 2.24) is 10.6 Å². The van der Waals surface area contributed by atoms with Crippen molar-refractivity contribution in [3.63, 3.8) is 0 Å². The molecule has 2 atom stereocenters. The molecule has 2 N–H and O–H groups in total. The zero-order valence-corrected chi connectivity index (χ0v) is 15.2. The van der Waals surface area contributed by atoms with Gasteiger partial charge in [-0.05, 0) is 48.7 Å². The van der Waals surface area contributed by atoms with Gasteiger partial charge in [0.05, 0.1) is 12.5 Å². The summed E-state index contributed by atoms with van der Waals surface area (Å²) in [6.07, 6.45) is 2.29. The van der Waals surface area contributed by atoms with E-state index in [1.807, 2.05) is 12.1 Å². The Morgan fingerprint density at radius 3 is 3.00 bits per heavy atom. The maximum absolute atomic E-state index is 12.6. The second kappa shape index (κ2) is 8.45. The van der Waals surface area contributed by atoms with Gasteiger partial charge in [0.15, 0.2) is 0 Å². The van der Waals surface area contributed by atoms with Crippen LogP contribution in [0.25, 0.3) is 10.1 Å². The number of carbonyl (C=O) groups is 2. The molecule has 1 amide bonds. The lowest BCUT2D eigenvalue weighted by Crippen LogP contribution is -2.48. The number of nitrogens with one attached hydrogen (secondary N) is 2. The van der Waals surface area contributed by atoms with Gasteiger partial charge in [-0.1, -0.05) is 18.2 Å². The van der Waals surface area contributed by atoms with Crippen LogP contribution in [-0.2, 0) is 20.7 Å². The summed E-state index contributed by atoms with van der Waals surface area (Å²) in [6, 6.07) is 7.46. The van der Waals surface area contributed by atoms with E-state index in [-0.39, 0.29) is 17.8 Å². The van der Waals surface area contributed by atoms with Crippen LogP contribution in [0.5, 0.6) is 0 Å². The third-order valence-electron chi connectivity index (χ3n) is 4.54. The number of esters is 1. The monoisotopic (exact) mass is 360 g/mol. The number of rotatable bonds is 6. The van der Waals surface area contributed by atoms with Crippen molar-refractivity contribution >= 4 is 33.3 Å².